The quantitative estimate of drug-likeness (QED) is 0.341. The molecule has 0 radical (unpaired) electrons. The van der Waals surface area contributed by atoms with E-state index in [2.05, 4.69) is 0 Å². The minimum absolute atomic E-state index is 0.0269. The first-order valence-electron chi connectivity index (χ1n) is 13.1. The van der Waals surface area contributed by atoms with Crippen molar-refractivity contribution < 1.29 is 23.8 Å². The molecule has 4 rings (SSSR count). The average molecular weight is 517 g/mol. The van der Waals surface area contributed by atoms with Crippen LogP contribution in [0, 0.1) is 0 Å². The molecule has 2 atom stereocenters. The SMILES string of the molecule is CCOC(=O)N(Cc1ccccc1)[C@@H]1C[C@H](C)N(C(=O)CCc2ccccc2)c2cc(OC)c(OC)cc21. The Balaban J connectivity index is 1.74. The zero-order chi connectivity index (χ0) is 27.1. The lowest BCUT2D eigenvalue weighted by atomic mass is 9.89. The largest absolute Gasteiger partial charge is 0.493 e. The lowest BCUT2D eigenvalue weighted by molar-refractivity contribution is -0.119. The molecule has 38 heavy (non-hydrogen) atoms. The van der Waals surface area contributed by atoms with Crippen LogP contribution in [0.1, 0.15) is 49.4 Å². The lowest BCUT2D eigenvalue weighted by Crippen LogP contribution is -2.47. The Labute approximate surface area is 224 Å². The average Bonchev–Trinajstić information content (AvgIpc) is 2.94. The second kappa shape index (κ2) is 12.5. The third kappa shape index (κ3) is 5.93. The van der Waals surface area contributed by atoms with Crippen molar-refractivity contribution in [1.29, 1.82) is 0 Å². The molecule has 0 fully saturated rings. The maximum absolute atomic E-state index is 13.7. The van der Waals surface area contributed by atoms with Crippen LogP contribution < -0.4 is 14.4 Å². The maximum Gasteiger partial charge on any atom is 0.410 e. The Morgan fingerprint density at radius 3 is 2.13 bits per heavy atom. The maximum atomic E-state index is 13.7. The van der Waals surface area contributed by atoms with Gasteiger partial charge in [0.25, 0.3) is 0 Å². The van der Waals surface area contributed by atoms with Gasteiger partial charge in [-0.05, 0) is 43.9 Å². The lowest BCUT2D eigenvalue weighted by Gasteiger charge is -2.43. The number of aryl methyl sites for hydroxylation is 1. The van der Waals surface area contributed by atoms with E-state index in [9.17, 15) is 9.59 Å². The van der Waals surface area contributed by atoms with Crippen molar-refractivity contribution in [3.63, 3.8) is 0 Å². The van der Waals surface area contributed by atoms with Gasteiger partial charge in [0.1, 0.15) is 0 Å². The van der Waals surface area contributed by atoms with Crippen LogP contribution in [0.2, 0.25) is 0 Å². The number of hydrogen-bond acceptors (Lipinski definition) is 5. The van der Waals surface area contributed by atoms with Gasteiger partial charge in [-0.3, -0.25) is 9.69 Å². The van der Waals surface area contributed by atoms with E-state index < -0.39 is 6.09 Å². The predicted molar refractivity (Wildman–Crippen MR) is 148 cm³/mol. The molecule has 200 valence electrons. The summed E-state index contributed by atoms with van der Waals surface area (Å²) in [6.45, 7) is 4.48. The van der Waals surface area contributed by atoms with Crippen LogP contribution in [0.4, 0.5) is 10.5 Å². The summed E-state index contributed by atoms with van der Waals surface area (Å²) in [5, 5.41) is 0. The van der Waals surface area contributed by atoms with E-state index in [0.29, 0.717) is 37.3 Å². The summed E-state index contributed by atoms with van der Waals surface area (Å²) < 4.78 is 16.7. The Bertz CT molecular complexity index is 1230. The number of benzene rings is 3. The summed E-state index contributed by atoms with van der Waals surface area (Å²) >= 11 is 0. The van der Waals surface area contributed by atoms with Crippen LogP contribution in [0.3, 0.4) is 0 Å². The zero-order valence-corrected chi connectivity index (χ0v) is 22.6. The van der Waals surface area contributed by atoms with Gasteiger partial charge in [-0.25, -0.2) is 4.79 Å². The number of rotatable bonds is 9. The summed E-state index contributed by atoms with van der Waals surface area (Å²) in [7, 11) is 3.16. The van der Waals surface area contributed by atoms with E-state index in [0.717, 1.165) is 22.4 Å². The molecule has 0 spiro atoms. The summed E-state index contributed by atoms with van der Waals surface area (Å²) in [5.74, 6) is 1.11. The normalized spacial score (nSPS) is 16.4. The van der Waals surface area contributed by atoms with Crippen molar-refractivity contribution in [2.24, 2.45) is 0 Å². The number of amides is 2. The highest BCUT2D eigenvalue weighted by atomic mass is 16.6. The standard InChI is InChI=1S/C31H36N2O5/c1-5-38-31(35)32(21-24-14-10-7-11-15-24)26-18-22(2)33(30(34)17-16-23-12-8-6-9-13-23)27-20-29(37-4)28(36-3)19-25(26)27/h6-15,19-20,22,26H,5,16-18,21H2,1-4H3/t22-,26+/m0/s1. The van der Waals surface area contributed by atoms with Crippen LogP contribution in [0.15, 0.2) is 72.8 Å². The van der Waals surface area contributed by atoms with Crippen LogP contribution in [-0.4, -0.2) is 43.8 Å². The van der Waals surface area contributed by atoms with Gasteiger partial charge in [0, 0.05) is 30.6 Å². The number of fused-ring (bicyclic) bond motifs is 1. The molecule has 2 amide bonds. The Kier molecular flexibility index (Phi) is 8.89. The van der Waals surface area contributed by atoms with E-state index in [4.69, 9.17) is 14.2 Å². The Hall–Kier alpha value is -4.00. The molecule has 3 aromatic rings. The van der Waals surface area contributed by atoms with Crippen molar-refractivity contribution in [2.45, 2.75) is 51.7 Å². The summed E-state index contributed by atoms with van der Waals surface area (Å²) in [4.78, 5) is 30.5. The number of carbonyl (C=O) groups is 2. The fourth-order valence-corrected chi connectivity index (χ4v) is 5.13. The fraction of sp³-hybridized carbons (Fsp3) is 0.355. The highest BCUT2D eigenvalue weighted by Gasteiger charge is 2.39. The molecule has 3 aromatic carbocycles. The molecule has 0 saturated carbocycles. The molecule has 0 bridgehead atoms. The van der Waals surface area contributed by atoms with Gasteiger partial charge in [0.2, 0.25) is 5.91 Å². The first-order valence-corrected chi connectivity index (χ1v) is 13.1. The number of ether oxygens (including phenoxy) is 3. The van der Waals surface area contributed by atoms with Crippen LogP contribution in [0.25, 0.3) is 0 Å². The second-order valence-corrected chi connectivity index (χ2v) is 9.43. The summed E-state index contributed by atoms with van der Waals surface area (Å²) in [6, 6.07) is 23.1. The number of nitrogens with zero attached hydrogens (tertiary/aromatic N) is 2. The molecule has 0 N–H and O–H groups in total. The van der Waals surface area contributed by atoms with Crippen LogP contribution in [-0.2, 0) is 22.5 Å². The van der Waals surface area contributed by atoms with Crippen molar-refractivity contribution >= 4 is 17.7 Å². The fourth-order valence-electron chi connectivity index (χ4n) is 5.13. The van der Waals surface area contributed by atoms with Crippen molar-refractivity contribution in [2.75, 3.05) is 25.7 Å². The van der Waals surface area contributed by atoms with Gasteiger partial charge in [0.05, 0.1) is 32.6 Å². The zero-order valence-electron chi connectivity index (χ0n) is 22.6. The third-order valence-corrected chi connectivity index (χ3v) is 6.97. The summed E-state index contributed by atoms with van der Waals surface area (Å²) in [5.41, 5.74) is 3.67. The number of hydrogen-bond donors (Lipinski definition) is 0. The van der Waals surface area contributed by atoms with Gasteiger partial charge in [-0.2, -0.15) is 0 Å². The predicted octanol–water partition coefficient (Wildman–Crippen LogP) is 6.16. The molecule has 1 aliphatic heterocycles. The Morgan fingerprint density at radius 2 is 1.53 bits per heavy atom. The number of carbonyl (C=O) groups excluding carboxylic acids is 2. The monoisotopic (exact) mass is 516 g/mol. The van der Waals surface area contributed by atoms with Gasteiger partial charge < -0.3 is 19.1 Å². The molecule has 7 nitrogen and oxygen atoms in total. The Morgan fingerprint density at radius 1 is 0.921 bits per heavy atom. The smallest absolute Gasteiger partial charge is 0.410 e. The topological polar surface area (TPSA) is 68.3 Å². The van der Waals surface area contributed by atoms with E-state index >= 15 is 0 Å². The second-order valence-electron chi connectivity index (χ2n) is 9.43. The minimum Gasteiger partial charge on any atom is -0.493 e. The van der Waals surface area contributed by atoms with Crippen molar-refractivity contribution in [3.05, 3.63) is 89.5 Å². The van der Waals surface area contributed by atoms with Gasteiger partial charge in [-0.1, -0.05) is 60.7 Å². The highest BCUT2D eigenvalue weighted by molar-refractivity contribution is 5.96. The molecule has 7 heteroatoms. The van der Waals surface area contributed by atoms with E-state index in [1.165, 1.54) is 0 Å². The van der Waals surface area contributed by atoms with Crippen molar-refractivity contribution in [1.82, 2.24) is 4.90 Å². The van der Waals surface area contributed by atoms with Crippen molar-refractivity contribution in [3.8, 4) is 11.5 Å². The molecule has 0 unspecified atom stereocenters. The first-order chi connectivity index (χ1) is 18.5. The van der Waals surface area contributed by atoms with E-state index in [1.54, 1.807) is 26.0 Å². The minimum atomic E-state index is -0.391. The van der Waals surface area contributed by atoms with Crippen LogP contribution >= 0.6 is 0 Å². The molecular weight excluding hydrogens is 480 g/mol. The number of anilines is 1. The van der Waals surface area contributed by atoms with Crippen LogP contribution in [0.5, 0.6) is 11.5 Å². The van der Waals surface area contributed by atoms with Gasteiger partial charge >= 0.3 is 6.09 Å². The number of methoxy groups -OCH3 is 2. The molecule has 0 aromatic heterocycles. The molecule has 1 heterocycles. The highest BCUT2D eigenvalue weighted by Crippen LogP contribution is 2.46. The third-order valence-electron chi connectivity index (χ3n) is 6.97. The first kappa shape index (κ1) is 27.0. The molecule has 1 aliphatic rings. The van der Waals surface area contributed by atoms with Gasteiger partial charge in [0.15, 0.2) is 11.5 Å². The molecule has 0 saturated heterocycles. The van der Waals surface area contributed by atoms with Gasteiger partial charge in [-0.15, -0.1) is 0 Å². The molecular formula is C31H36N2O5. The summed E-state index contributed by atoms with van der Waals surface area (Å²) in [6.07, 6.45) is 1.19. The van der Waals surface area contributed by atoms with E-state index in [-0.39, 0.29) is 24.6 Å². The molecule has 0 aliphatic carbocycles. The van der Waals surface area contributed by atoms with E-state index in [1.807, 2.05) is 84.6 Å².